The predicted octanol–water partition coefficient (Wildman–Crippen LogP) is 5.75. The summed E-state index contributed by atoms with van der Waals surface area (Å²) in [5.41, 5.74) is 1.55. The normalized spacial score (nSPS) is 20.3. The molecule has 8 heteroatoms. The highest BCUT2D eigenvalue weighted by Gasteiger charge is 2.41. The number of hydrogen-bond donors (Lipinski definition) is 2. The van der Waals surface area contributed by atoms with Gasteiger partial charge in [0.25, 0.3) is 0 Å². The van der Waals surface area contributed by atoms with Gasteiger partial charge in [-0.1, -0.05) is 43.5 Å². The summed E-state index contributed by atoms with van der Waals surface area (Å²) >= 11 is 0. The Kier molecular flexibility index (Phi) is 6.63. The van der Waals surface area contributed by atoms with Crippen LogP contribution in [0, 0.1) is 11.8 Å². The summed E-state index contributed by atoms with van der Waals surface area (Å²) in [5, 5.41) is 11.9. The first-order chi connectivity index (χ1) is 15.7. The Morgan fingerprint density at radius 2 is 1.67 bits per heavy atom. The third kappa shape index (κ3) is 5.31. The van der Waals surface area contributed by atoms with Gasteiger partial charge in [0.05, 0.1) is 5.56 Å². The van der Waals surface area contributed by atoms with E-state index in [1.165, 1.54) is 18.2 Å². The number of aromatic carboxylic acids is 1. The lowest BCUT2D eigenvalue weighted by Crippen LogP contribution is -2.30. The Bertz CT molecular complexity index is 1010. The van der Waals surface area contributed by atoms with Gasteiger partial charge in [0.15, 0.2) is 0 Å². The molecule has 1 amide bonds. The molecule has 33 heavy (non-hydrogen) atoms. The monoisotopic (exact) mass is 461 g/mol. The summed E-state index contributed by atoms with van der Waals surface area (Å²) in [5.74, 6) is -2.11. The van der Waals surface area contributed by atoms with E-state index < -0.39 is 12.3 Å². The smallest absolute Gasteiger partial charge is 0.478 e. The molecule has 2 aliphatic rings. The average molecular weight is 461 g/mol. The van der Waals surface area contributed by atoms with Crippen LogP contribution in [0.1, 0.15) is 60.4 Å². The molecule has 0 radical (unpaired) electrons. The first-order valence-corrected chi connectivity index (χ1v) is 11.2. The van der Waals surface area contributed by atoms with E-state index in [-0.39, 0.29) is 35.0 Å². The van der Waals surface area contributed by atoms with E-state index in [9.17, 15) is 22.8 Å². The quantitative estimate of drug-likeness (QED) is 0.574. The summed E-state index contributed by atoms with van der Waals surface area (Å²) in [4.78, 5) is 23.7. The van der Waals surface area contributed by atoms with Gasteiger partial charge in [0.2, 0.25) is 5.91 Å². The number of rotatable bonds is 6. The van der Waals surface area contributed by atoms with Crippen molar-refractivity contribution in [2.75, 3.05) is 6.54 Å². The fourth-order valence-corrected chi connectivity index (χ4v) is 5.26. The van der Waals surface area contributed by atoms with Crippen LogP contribution in [0.5, 0.6) is 5.75 Å². The summed E-state index contributed by atoms with van der Waals surface area (Å²) in [6.45, 7) is 0.524. The fraction of sp³-hybridized carbons (Fsp3) is 0.440. The van der Waals surface area contributed by atoms with Crippen molar-refractivity contribution in [3.63, 3.8) is 0 Å². The van der Waals surface area contributed by atoms with Gasteiger partial charge >= 0.3 is 12.3 Å². The highest BCUT2D eigenvalue weighted by atomic mass is 19.4. The lowest BCUT2D eigenvalue weighted by molar-refractivity contribution is -0.275. The first-order valence-electron chi connectivity index (χ1n) is 11.2. The number of ether oxygens (including phenoxy) is 1. The molecule has 1 heterocycles. The Morgan fingerprint density at radius 3 is 2.24 bits per heavy atom. The van der Waals surface area contributed by atoms with E-state index in [0.717, 1.165) is 32.1 Å². The van der Waals surface area contributed by atoms with Crippen LogP contribution in [-0.2, 0) is 4.79 Å². The topological polar surface area (TPSA) is 75.6 Å². The number of carboxylic acid groups (broad SMARTS) is 1. The maximum atomic E-state index is 13.4. The van der Waals surface area contributed by atoms with Crippen molar-refractivity contribution in [3.05, 3.63) is 53.6 Å². The van der Waals surface area contributed by atoms with E-state index in [1.54, 1.807) is 24.3 Å². The predicted molar refractivity (Wildman–Crippen MR) is 116 cm³/mol. The van der Waals surface area contributed by atoms with Crippen LogP contribution in [-0.4, -0.2) is 29.9 Å². The van der Waals surface area contributed by atoms with Gasteiger partial charge in [0.1, 0.15) is 5.75 Å². The number of nitrogens with one attached hydrogen (secondary N) is 1. The average Bonchev–Trinajstić information content (AvgIpc) is 3.20. The molecule has 2 aromatic carbocycles. The molecule has 2 unspecified atom stereocenters. The van der Waals surface area contributed by atoms with Crippen LogP contribution in [0.3, 0.4) is 0 Å². The fourth-order valence-electron chi connectivity index (χ4n) is 5.26. The van der Waals surface area contributed by atoms with Gasteiger partial charge < -0.3 is 15.2 Å². The van der Waals surface area contributed by atoms with Crippen molar-refractivity contribution in [3.8, 4) is 16.9 Å². The van der Waals surface area contributed by atoms with Crippen molar-refractivity contribution >= 4 is 11.9 Å². The van der Waals surface area contributed by atoms with Crippen molar-refractivity contribution in [1.82, 2.24) is 5.32 Å². The number of carbonyl (C=O) groups is 2. The van der Waals surface area contributed by atoms with Gasteiger partial charge in [-0.25, -0.2) is 4.79 Å². The van der Waals surface area contributed by atoms with E-state index in [4.69, 9.17) is 5.11 Å². The molecular weight excluding hydrogens is 435 g/mol. The second-order valence-electron chi connectivity index (χ2n) is 8.79. The zero-order valence-corrected chi connectivity index (χ0v) is 18.0. The number of carboxylic acids is 1. The molecule has 0 spiro atoms. The molecular formula is C25H26F3NO4. The minimum absolute atomic E-state index is 0.0896. The zero-order chi connectivity index (χ0) is 23.6. The molecule has 2 aromatic rings. The number of hydrogen-bond acceptors (Lipinski definition) is 3. The number of alkyl halides is 3. The van der Waals surface area contributed by atoms with Crippen LogP contribution in [0.15, 0.2) is 42.5 Å². The molecule has 1 aliphatic heterocycles. The maximum Gasteiger partial charge on any atom is 0.573 e. The van der Waals surface area contributed by atoms with Crippen LogP contribution >= 0.6 is 0 Å². The Hall–Kier alpha value is -3.03. The highest BCUT2D eigenvalue weighted by Crippen LogP contribution is 2.47. The molecule has 176 valence electrons. The van der Waals surface area contributed by atoms with Crippen LogP contribution in [0.2, 0.25) is 0 Å². The van der Waals surface area contributed by atoms with E-state index in [0.29, 0.717) is 29.7 Å². The van der Waals surface area contributed by atoms with Crippen molar-refractivity contribution in [2.45, 2.75) is 50.8 Å². The van der Waals surface area contributed by atoms with Gasteiger partial charge in [-0.2, -0.15) is 0 Å². The molecule has 4 rings (SSSR count). The van der Waals surface area contributed by atoms with Crippen LogP contribution in [0.4, 0.5) is 13.2 Å². The number of halogens is 3. The summed E-state index contributed by atoms with van der Waals surface area (Å²) in [6, 6.07) is 10.6. The van der Waals surface area contributed by atoms with E-state index in [1.807, 2.05) is 0 Å². The van der Waals surface area contributed by atoms with Gasteiger partial charge in [-0.15, -0.1) is 13.2 Å². The van der Waals surface area contributed by atoms with Crippen molar-refractivity contribution < 1.29 is 32.6 Å². The second-order valence-corrected chi connectivity index (χ2v) is 8.79. The van der Waals surface area contributed by atoms with E-state index in [2.05, 4.69) is 10.1 Å². The molecule has 2 fully saturated rings. The Morgan fingerprint density at radius 1 is 1.00 bits per heavy atom. The molecule has 0 bridgehead atoms. The summed E-state index contributed by atoms with van der Waals surface area (Å²) in [7, 11) is 0. The largest absolute Gasteiger partial charge is 0.573 e. The molecule has 1 saturated heterocycles. The van der Waals surface area contributed by atoms with Crippen molar-refractivity contribution in [1.29, 1.82) is 0 Å². The second kappa shape index (κ2) is 9.45. The van der Waals surface area contributed by atoms with Crippen molar-refractivity contribution in [2.24, 2.45) is 11.8 Å². The maximum absolute atomic E-state index is 13.4. The molecule has 2 atom stereocenters. The molecule has 5 nitrogen and oxygen atoms in total. The van der Waals surface area contributed by atoms with Gasteiger partial charge in [-0.05, 0) is 60.1 Å². The first kappa shape index (κ1) is 23.1. The summed E-state index contributed by atoms with van der Waals surface area (Å²) < 4.78 is 44.7. The van der Waals surface area contributed by atoms with Crippen LogP contribution in [0.25, 0.3) is 11.1 Å². The van der Waals surface area contributed by atoms with Gasteiger partial charge in [0, 0.05) is 18.4 Å². The SMILES string of the molecule is O=C(O)c1ccc(-c2ccc(C(C3CCCCC3)C3CCNC3=O)c(OC(F)(F)F)c2)cc1. The minimum Gasteiger partial charge on any atom is -0.478 e. The molecule has 0 aromatic heterocycles. The highest BCUT2D eigenvalue weighted by molar-refractivity contribution is 5.88. The molecule has 1 aliphatic carbocycles. The standard InChI is InChI=1S/C25H26F3NO4/c26-25(27,28)33-21-14-18(15-6-8-17(9-7-15)24(31)32)10-11-19(21)22(16-4-2-1-3-5-16)20-12-13-29-23(20)30/h6-11,14,16,20,22H,1-5,12-13H2,(H,29,30)(H,31,32). The Labute approximate surface area is 189 Å². The molecule has 1 saturated carbocycles. The number of amides is 1. The third-order valence-corrected chi connectivity index (χ3v) is 6.75. The Balaban J connectivity index is 1.77. The third-order valence-electron chi connectivity index (χ3n) is 6.75. The minimum atomic E-state index is -4.88. The van der Waals surface area contributed by atoms with Crippen LogP contribution < -0.4 is 10.1 Å². The lowest BCUT2D eigenvalue weighted by atomic mass is 9.70. The van der Waals surface area contributed by atoms with Gasteiger partial charge in [-0.3, -0.25) is 4.79 Å². The zero-order valence-electron chi connectivity index (χ0n) is 18.0. The molecule has 2 N–H and O–H groups in total. The number of benzene rings is 2. The number of carbonyl (C=O) groups excluding carboxylic acids is 1. The lowest BCUT2D eigenvalue weighted by Gasteiger charge is -2.34. The summed E-state index contributed by atoms with van der Waals surface area (Å²) in [6.07, 6.45) is 0.547. The van der Waals surface area contributed by atoms with E-state index >= 15 is 0 Å².